The van der Waals surface area contributed by atoms with Gasteiger partial charge < -0.3 is 10.0 Å². The van der Waals surface area contributed by atoms with E-state index >= 15 is 0 Å². The summed E-state index contributed by atoms with van der Waals surface area (Å²) in [6.07, 6.45) is 13.0. The predicted molar refractivity (Wildman–Crippen MR) is 105 cm³/mol. The summed E-state index contributed by atoms with van der Waals surface area (Å²) in [6, 6.07) is 0.519. The maximum atomic E-state index is 11.9. The number of nitrogens with zero attached hydrogens (tertiary/aromatic N) is 1. The van der Waals surface area contributed by atoms with Crippen LogP contribution in [-0.4, -0.2) is 42.5 Å². The van der Waals surface area contributed by atoms with E-state index in [9.17, 15) is 9.90 Å². The van der Waals surface area contributed by atoms with E-state index in [0.717, 1.165) is 12.8 Å². The zero-order valence-electron chi connectivity index (χ0n) is 16.9. The van der Waals surface area contributed by atoms with Gasteiger partial charge in [0.15, 0.2) is 5.78 Å². The molecule has 0 aromatic rings. The molecule has 0 spiro atoms. The molecule has 3 saturated carbocycles. The standard InChI is InChI=1S/C23H35NO2/c1-15(24(3)4)19-7-8-21-18-6-5-16-13-17(26)9-11-22(16,2)20(18)10-12-23(19,21)14-25/h9,11,13,15,18-21,25H,5-8,10,12,14H2,1-4H3/t15-,18+,19+,20-,21-,22-,23-/m0/s1. The van der Waals surface area contributed by atoms with Crippen LogP contribution in [0.1, 0.15) is 52.4 Å². The molecule has 0 aromatic carbocycles. The summed E-state index contributed by atoms with van der Waals surface area (Å²) in [5, 5.41) is 10.6. The summed E-state index contributed by atoms with van der Waals surface area (Å²) in [5.74, 6) is 2.72. The van der Waals surface area contributed by atoms with Gasteiger partial charge in [-0.15, -0.1) is 0 Å². The molecule has 1 N–H and O–H groups in total. The van der Waals surface area contributed by atoms with Gasteiger partial charge in [-0.05, 0) is 95.4 Å². The van der Waals surface area contributed by atoms with Gasteiger partial charge >= 0.3 is 0 Å². The number of carbonyl (C=O) groups is 1. The van der Waals surface area contributed by atoms with Gasteiger partial charge in [0.1, 0.15) is 0 Å². The Morgan fingerprint density at radius 1 is 1.23 bits per heavy atom. The molecule has 3 heteroatoms. The molecular formula is C23H35NO2. The Morgan fingerprint density at radius 3 is 2.69 bits per heavy atom. The van der Waals surface area contributed by atoms with E-state index in [0.29, 0.717) is 36.3 Å². The highest BCUT2D eigenvalue weighted by atomic mass is 16.3. The topological polar surface area (TPSA) is 40.5 Å². The zero-order valence-corrected chi connectivity index (χ0v) is 16.9. The van der Waals surface area contributed by atoms with Gasteiger partial charge in [0.05, 0.1) is 0 Å². The van der Waals surface area contributed by atoms with Crippen LogP contribution in [0.3, 0.4) is 0 Å². The van der Waals surface area contributed by atoms with E-state index in [2.05, 4.69) is 38.9 Å². The molecule has 0 unspecified atom stereocenters. The number of carbonyl (C=O) groups excluding carboxylic acids is 1. The van der Waals surface area contributed by atoms with Crippen molar-refractivity contribution in [1.82, 2.24) is 4.90 Å². The van der Waals surface area contributed by atoms with Gasteiger partial charge in [-0.1, -0.05) is 18.6 Å². The Morgan fingerprint density at radius 2 is 2.00 bits per heavy atom. The molecule has 4 aliphatic carbocycles. The van der Waals surface area contributed by atoms with Crippen molar-refractivity contribution in [2.45, 2.75) is 58.4 Å². The maximum absolute atomic E-state index is 11.9. The second-order valence-corrected chi connectivity index (χ2v) is 9.92. The summed E-state index contributed by atoms with van der Waals surface area (Å²) in [5.41, 5.74) is 1.53. The Balaban J connectivity index is 1.66. The molecule has 7 atom stereocenters. The molecule has 0 aliphatic heterocycles. The largest absolute Gasteiger partial charge is 0.396 e. The fourth-order valence-electron chi connectivity index (χ4n) is 7.44. The molecule has 3 nitrogen and oxygen atoms in total. The van der Waals surface area contributed by atoms with Crippen molar-refractivity contribution >= 4 is 5.78 Å². The molecule has 0 radical (unpaired) electrons. The maximum Gasteiger partial charge on any atom is 0.178 e. The normalized spacial score (nSPS) is 45.8. The molecule has 3 fully saturated rings. The second kappa shape index (κ2) is 6.31. The summed E-state index contributed by atoms with van der Waals surface area (Å²) in [6.45, 7) is 5.05. The summed E-state index contributed by atoms with van der Waals surface area (Å²) < 4.78 is 0. The van der Waals surface area contributed by atoms with Gasteiger partial charge in [-0.25, -0.2) is 0 Å². The number of allylic oxidation sites excluding steroid dienone is 4. The SMILES string of the molecule is C[C@@H]([C@H]1CC[C@H]2[C@@H]3CCC4=CC(=O)C=C[C@]4(C)[C@H]3CC[C@]12CO)N(C)C. The number of hydrogen-bond donors (Lipinski definition) is 1. The predicted octanol–water partition coefficient (Wildman–Crippen LogP) is 3.83. The quantitative estimate of drug-likeness (QED) is 0.834. The molecule has 0 saturated heterocycles. The molecule has 0 bridgehead atoms. The summed E-state index contributed by atoms with van der Waals surface area (Å²) in [7, 11) is 4.36. The molecule has 4 aliphatic rings. The van der Waals surface area contributed by atoms with E-state index in [1.54, 1.807) is 6.08 Å². The average Bonchev–Trinajstić information content (AvgIpc) is 3.01. The van der Waals surface area contributed by atoms with E-state index in [1.165, 1.54) is 31.3 Å². The molecule has 4 rings (SSSR count). The number of aliphatic hydroxyl groups is 1. The average molecular weight is 358 g/mol. The van der Waals surface area contributed by atoms with Crippen molar-refractivity contribution in [2.24, 2.45) is 34.5 Å². The Bertz CT molecular complexity index is 651. The minimum absolute atomic E-state index is 0.0592. The first-order valence-electron chi connectivity index (χ1n) is 10.5. The third-order valence-electron chi connectivity index (χ3n) is 9.03. The lowest BCUT2D eigenvalue weighted by atomic mass is 9.47. The number of aliphatic hydroxyl groups excluding tert-OH is 1. The first kappa shape index (κ1) is 18.4. The number of hydrogen-bond acceptors (Lipinski definition) is 3. The van der Waals surface area contributed by atoms with Gasteiger partial charge in [0, 0.05) is 23.5 Å². The number of fused-ring (bicyclic) bond motifs is 5. The van der Waals surface area contributed by atoms with Gasteiger partial charge in [0.2, 0.25) is 0 Å². The van der Waals surface area contributed by atoms with Crippen molar-refractivity contribution < 1.29 is 9.90 Å². The summed E-state index contributed by atoms with van der Waals surface area (Å²) >= 11 is 0. The van der Waals surface area contributed by atoms with Crippen molar-refractivity contribution in [3.05, 3.63) is 23.8 Å². The molecule has 0 heterocycles. The van der Waals surface area contributed by atoms with Crippen LogP contribution in [0.4, 0.5) is 0 Å². The van der Waals surface area contributed by atoms with Gasteiger partial charge in [0.25, 0.3) is 0 Å². The Labute approximate surface area is 158 Å². The van der Waals surface area contributed by atoms with E-state index in [-0.39, 0.29) is 16.6 Å². The fourth-order valence-corrected chi connectivity index (χ4v) is 7.44. The molecule has 26 heavy (non-hydrogen) atoms. The van der Waals surface area contributed by atoms with Crippen LogP contribution < -0.4 is 0 Å². The van der Waals surface area contributed by atoms with Crippen LogP contribution in [0.5, 0.6) is 0 Å². The lowest BCUT2D eigenvalue weighted by Gasteiger charge is -2.58. The van der Waals surface area contributed by atoms with Crippen LogP contribution in [0.25, 0.3) is 0 Å². The monoisotopic (exact) mass is 357 g/mol. The first-order valence-corrected chi connectivity index (χ1v) is 10.5. The summed E-state index contributed by atoms with van der Waals surface area (Å²) in [4.78, 5) is 14.2. The van der Waals surface area contributed by atoms with E-state index in [1.807, 2.05) is 6.08 Å². The highest BCUT2D eigenvalue weighted by Crippen LogP contribution is 2.66. The highest BCUT2D eigenvalue weighted by Gasteiger charge is 2.60. The van der Waals surface area contributed by atoms with Crippen molar-refractivity contribution in [3.63, 3.8) is 0 Å². The van der Waals surface area contributed by atoms with Crippen LogP contribution in [-0.2, 0) is 4.79 Å². The van der Waals surface area contributed by atoms with Crippen molar-refractivity contribution in [3.8, 4) is 0 Å². The molecule has 0 aromatic heterocycles. The lowest BCUT2D eigenvalue weighted by Crippen LogP contribution is -2.54. The minimum Gasteiger partial charge on any atom is -0.396 e. The number of ketones is 1. The smallest absolute Gasteiger partial charge is 0.178 e. The minimum atomic E-state index is 0.0592. The molecule has 0 amide bonds. The third-order valence-corrected chi connectivity index (χ3v) is 9.03. The van der Waals surface area contributed by atoms with Gasteiger partial charge in [-0.2, -0.15) is 0 Å². The lowest BCUT2D eigenvalue weighted by molar-refractivity contribution is -0.111. The van der Waals surface area contributed by atoms with Crippen LogP contribution in [0, 0.1) is 34.5 Å². The Hall–Kier alpha value is -0.930. The van der Waals surface area contributed by atoms with Crippen LogP contribution in [0.2, 0.25) is 0 Å². The molecule has 144 valence electrons. The number of rotatable bonds is 3. The third kappa shape index (κ3) is 2.43. The first-order chi connectivity index (χ1) is 12.3. The fraction of sp³-hybridized carbons (Fsp3) is 0.783. The zero-order chi connectivity index (χ0) is 18.7. The van der Waals surface area contributed by atoms with Crippen molar-refractivity contribution in [2.75, 3.05) is 20.7 Å². The van der Waals surface area contributed by atoms with E-state index in [4.69, 9.17) is 0 Å². The van der Waals surface area contributed by atoms with Crippen LogP contribution >= 0.6 is 0 Å². The Kier molecular flexibility index (Phi) is 4.47. The second-order valence-electron chi connectivity index (χ2n) is 9.92. The van der Waals surface area contributed by atoms with E-state index < -0.39 is 0 Å². The van der Waals surface area contributed by atoms with Gasteiger partial charge in [-0.3, -0.25) is 4.79 Å². The van der Waals surface area contributed by atoms with Crippen molar-refractivity contribution in [1.29, 1.82) is 0 Å². The highest BCUT2D eigenvalue weighted by molar-refractivity contribution is 6.01. The van der Waals surface area contributed by atoms with Crippen LogP contribution in [0.15, 0.2) is 23.8 Å². The molecular weight excluding hydrogens is 322 g/mol.